The highest BCUT2D eigenvalue weighted by molar-refractivity contribution is 5.74. The van der Waals surface area contributed by atoms with E-state index in [2.05, 4.69) is 19.2 Å². The monoisotopic (exact) mass is 252 g/mol. The zero-order valence-electron chi connectivity index (χ0n) is 12.0. The molecule has 18 heavy (non-hydrogen) atoms. The summed E-state index contributed by atoms with van der Waals surface area (Å²) >= 11 is 0. The molecule has 2 aliphatic rings. The number of amides is 2. The van der Waals surface area contributed by atoms with Gasteiger partial charge >= 0.3 is 6.03 Å². The second-order valence-corrected chi connectivity index (χ2v) is 6.28. The average Bonchev–Trinajstić information content (AvgIpc) is 2.39. The van der Waals surface area contributed by atoms with Gasteiger partial charge in [0.05, 0.1) is 0 Å². The summed E-state index contributed by atoms with van der Waals surface area (Å²) in [7, 11) is 0. The summed E-state index contributed by atoms with van der Waals surface area (Å²) in [6.07, 6.45) is 8.68. The molecule has 2 amide bonds. The van der Waals surface area contributed by atoms with E-state index >= 15 is 0 Å². The number of urea groups is 1. The van der Waals surface area contributed by atoms with Crippen LogP contribution in [0.5, 0.6) is 0 Å². The van der Waals surface area contributed by atoms with Gasteiger partial charge in [0.1, 0.15) is 0 Å². The molecule has 2 fully saturated rings. The van der Waals surface area contributed by atoms with Crippen LogP contribution in [0.15, 0.2) is 0 Å². The van der Waals surface area contributed by atoms with Crippen LogP contribution >= 0.6 is 0 Å². The van der Waals surface area contributed by atoms with Gasteiger partial charge in [-0.3, -0.25) is 0 Å². The standard InChI is InChI=1S/C15H28N2O/c1-3-13-7-4-8-14(10-13)16-15(18)17-9-5-6-12(2)11-17/h12-14H,3-11H2,1-2H3,(H,16,18). The second kappa shape index (κ2) is 6.44. The molecule has 0 radical (unpaired) electrons. The van der Waals surface area contributed by atoms with Gasteiger partial charge in [-0.05, 0) is 37.5 Å². The number of carbonyl (C=O) groups is 1. The van der Waals surface area contributed by atoms with Gasteiger partial charge in [-0.2, -0.15) is 0 Å². The molecule has 1 heterocycles. The number of rotatable bonds is 2. The van der Waals surface area contributed by atoms with Crippen molar-refractivity contribution in [3.8, 4) is 0 Å². The third-order valence-corrected chi connectivity index (χ3v) is 4.63. The molecule has 0 aromatic heterocycles. The molecular formula is C15H28N2O. The van der Waals surface area contributed by atoms with E-state index in [0.29, 0.717) is 12.0 Å². The molecule has 2 rings (SSSR count). The minimum Gasteiger partial charge on any atom is -0.335 e. The Labute approximate surface area is 111 Å². The first-order chi connectivity index (χ1) is 8.69. The highest BCUT2D eigenvalue weighted by atomic mass is 16.2. The molecule has 0 aromatic carbocycles. The molecule has 1 aliphatic carbocycles. The smallest absolute Gasteiger partial charge is 0.317 e. The summed E-state index contributed by atoms with van der Waals surface area (Å²) in [6.45, 7) is 6.39. The van der Waals surface area contributed by atoms with Crippen molar-refractivity contribution in [3.63, 3.8) is 0 Å². The Hall–Kier alpha value is -0.730. The summed E-state index contributed by atoms with van der Waals surface area (Å²) in [6, 6.07) is 0.608. The van der Waals surface area contributed by atoms with E-state index in [1.54, 1.807) is 0 Å². The van der Waals surface area contributed by atoms with Crippen molar-refractivity contribution < 1.29 is 4.79 Å². The van der Waals surface area contributed by atoms with Crippen molar-refractivity contribution in [3.05, 3.63) is 0 Å². The van der Waals surface area contributed by atoms with Crippen LogP contribution < -0.4 is 5.32 Å². The van der Waals surface area contributed by atoms with Crippen LogP contribution in [-0.4, -0.2) is 30.1 Å². The lowest BCUT2D eigenvalue weighted by molar-refractivity contribution is 0.160. The third kappa shape index (κ3) is 3.63. The predicted octanol–water partition coefficient (Wildman–Crippen LogP) is 3.40. The minimum atomic E-state index is 0.184. The van der Waals surface area contributed by atoms with Crippen LogP contribution in [0.3, 0.4) is 0 Å². The Bertz CT molecular complexity index is 280. The first-order valence-electron chi connectivity index (χ1n) is 7.74. The van der Waals surface area contributed by atoms with Gasteiger partial charge in [0.15, 0.2) is 0 Å². The molecule has 3 unspecified atom stereocenters. The highest BCUT2D eigenvalue weighted by Crippen LogP contribution is 2.26. The van der Waals surface area contributed by atoms with E-state index < -0.39 is 0 Å². The molecule has 0 spiro atoms. The van der Waals surface area contributed by atoms with Crippen molar-refractivity contribution in [2.75, 3.05) is 13.1 Å². The Morgan fingerprint density at radius 2 is 2.11 bits per heavy atom. The van der Waals surface area contributed by atoms with Gasteiger partial charge < -0.3 is 10.2 Å². The first kappa shape index (κ1) is 13.7. The summed E-state index contributed by atoms with van der Waals surface area (Å²) < 4.78 is 0. The Morgan fingerprint density at radius 1 is 1.28 bits per heavy atom. The molecule has 1 aliphatic heterocycles. The highest BCUT2D eigenvalue weighted by Gasteiger charge is 2.26. The number of piperidine rings is 1. The maximum absolute atomic E-state index is 12.2. The number of hydrogen-bond acceptors (Lipinski definition) is 1. The van der Waals surface area contributed by atoms with Crippen molar-refractivity contribution in [2.24, 2.45) is 11.8 Å². The van der Waals surface area contributed by atoms with E-state index in [9.17, 15) is 4.79 Å². The van der Waals surface area contributed by atoms with Crippen molar-refractivity contribution in [1.82, 2.24) is 10.2 Å². The zero-order valence-corrected chi connectivity index (χ0v) is 12.0. The maximum Gasteiger partial charge on any atom is 0.317 e. The molecule has 1 saturated carbocycles. The van der Waals surface area contributed by atoms with Crippen LogP contribution in [0, 0.1) is 11.8 Å². The SMILES string of the molecule is CCC1CCCC(NC(=O)N2CCCC(C)C2)C1. The first-order valence-corrected chi connectivity index (χ1v) is 7.74. The topological polar surface area (TPSA) is 32.3 Å². The average molecular weight is 252 g/mol. The molecule has 0 aromatic rings. The van der Waals surface area contributed by atoms with Gasteiger partial charge in [0, 0.05) is 19.1 Å². The zero-order chi connectivity index (χ0) is 13.0. The number of hydrogen-bond donors (Lipinski definition) is 1. The van der Waals surface area contributed by atoms with Crippen molar-refractivity contribution in [2.45, 2.75) is 64.8 Å². The van der Waals surface area contributed by atoms with Crippen LogP contribution in [0.2, 0.25) is 0 Å². The van der Waals surface area contributed by atoms with Gasteiger partial charge in [0.25, 0.3) is 0 Å². The maximum atomic E-state index is 12.2. The number of nitrogens with one attached hydrogen (secondary N) is 1. The minimum absolute atomic E-state index is 0.184. The lowest BCUT2D eigenvalue weighted by Gasteiger charge is -2.34. The Morgan fingerprint density at radius 3 is 2.83 bits per heavy atom. The van der Waals surface area contributed by atoms with Gasteiger partial charge in [-0.1, -0.05) is 33.1 Å². The van der Waals surface area contributed by atoms with Crippen LogP contribution in [0.25, 0.3) is 0 Å². The predicted molar refractivity (Wildman–Crippen MR) is 74.5 cm³/mol. The normalized spacial score (nSPS) is 33.2. The molecule has 104 valence electrons. The lowest BCUT2D eigenvalue weighted by Crippen LogP contribution is -2.49. The molecule has 1 N–H and O–H groups in total. The molecule has 1 saturated heterocycles. The number of carbonyl (C=O) groups excluding carboxylic acids is 1. The summed E-state index contributed by atoms with van der Waals surface area (Å²) in [5, 5.41) is 3.26. The summed E-state index contributed by atoms with van der Waals surface area (Å²) in [4.78, 5) is 14.2. The molecule has 3 heteroatoms. The fourth-order valence-electron chi connectivity index (χ4n) is 3.43. The fourth-order valence-corrected chi connectivity index (χ4v) is 3.43. The Kier molecular flexibility index (Phi) is 4.90. The third-order valence-electron chi connectivity index (χ3n) is 4.63. The quantitative estimate of drug-likeness (QED) is 0.802. The van der Waals surface area contributed by atoms with E-state index in [1.165, 1.54) is 38.5 Å². The second-order valence-electron chi connectivity index (χ2n) is 6.28. The van der Waals surface area contributed by atoms with Crippen molar-refractivity contribution >= 4 is 6.03 Å². The molecular weight excluding hydrogens is 224 g/mol. The number of likely N-dealkylation sites (tertiary alicyclic amines) is 1. The molecule has 3 nitrogen and oxygen atoms in total. The van der Waals surface area contributed by atoms with E-state index in [0.717, 1.165) is 25.4 Å². The lowest BCUT2D eigenvalue weighted by atomic mass is 9.84. The summed E-state index contributed by atoms with van der Waals surface area (Å²) in [5.41, 5.74) is 0. The number of nitrogens with zero attached hydrogens (tertiary/aromatic N) is 1. The van der Waals surface area contributed by atoms with E-state index in [4.69, 9.17) is 0 Å². The van der Waals surface area contributed by atoms with Gasteiger partial charge in [-0.25, -0.2) is 4.79 Å². The van der Waals surface area contributed by atoms with Crippen molar-refractivity contribution in [1.29, 1.82) is 0 Å². The van der Waals surface area contributed by atoms with E-state index in [1.807, 2.05) is 4.90 Å². The largest absolute Gasteiger partial charge is 0.335 e. The molecule has 3 atom stereocenters. The summed E-state index contributed by atoms with van der Waals surface area (Å²) in [5.74, 6) is 1.49. The van der Waals surface area contributed by atoms with Gasteiger partial charge in [-0.15, -0.1) is 0 Å². The van der Waals surface area contributed by atoms with Crippen LogP contribution in [0.1, 0.15) is 58.8 Å². The van der Waals surface area contributed by atoms with Crippen LogP contribution in [0.4, 0.5) is 4.79 Å². The molecule has 0 bridgehead atoms. The van der Waals surface area contributed by atoms with Gasteiger partial charge in [0.2, 0.25) is 0 Å². The fraction of sp³-hybridized carbons (Fsp3) is 0.933. The van der Waals surface area contributed by atoms with E-state index in [-0.39, 0.29) is 6.03 Å². The van der Waals surface area contributed by atoms with Crippen LogP contribution in [-0.2, 0) is 0 Å². The Balaban J connectivity index is 1.79.